The molecule has 2 aromatic carbocycles. The summed E-state index contributed by atoms with van der Waals surface area (Å²) in [6.07, 6.45) is 0. The number of halogens is 2. The van der Waals surface area contributed by atoms with E-state index in [2.05, 4.69) is 10.4 Å². The van der Waals surface area contributed by atoms with Gasteiger partial charge in [0.2, 0.25) is 0 Å². The minimum absolute atomic E-state index is 0.276. The quantitative estimate of drug-likeness (QED) is 0.681. The van der Waals surface area contributed by atoms with Crippen LogP contribution in [-0.2, 0) is 6.54 Å². The van der Waals surface area contributed by atoms with Crippen LogP contribution in [0.1, 0.15) is 21.6 Å². The summed E-state index contributed by atoms with van der Waals surface area (Å²) < 4.78 is 7.01. The maximum absolute atomic E-state index is 12.5. The smallest absolute Gasteiger partial charge is 0.260 e. The Labute approximate surface area is 161 Å². The molecule has 0 fully saturated rings. The lowest BCUT2D eigenvalue weighted by Crippen LogP contribution is -2.14. The summed E-state index contributed by atoms with van der Waals surface area (Å²) in [4.78, 5) is 12.5. The number of nitrogens with one attached hydrogen (secondary N) is 1. The minimum atomic E-state index is -0.276. The van der Waals surface area contributed by atoms with Crippen LogP contribution >= 0.6 is 23.2 Å². The standard InChI is InChI=1S/C19H17Cl2N3O2/c1-12-9-18(22-19(25)14-5-3-4-6-17(14)26-2)23-24(12)11-13-7-8-15(20)16(21)10-13/h3-10H,11H2,1-2H3,(H,22,23,25). The lowest BCUT2D eigenvalue weighted by atomic mass is 10.2. The topological polar surface area (TPSA) is 56.1 Å². The molecular formula is C19H17Cl2N3O2. The van der Waals surface area contributed by atoms with Crippen LogP contribution in [0.4, 0.5) is 5.82 Å². The minimum Gasteiger partial charge on any atom is -0.496 e. The van der Waals surface area contributed by atoms with Crippen molar-refractivity contribution in [3.63, 3.8) is 0 Å². The van der Waals surface area contributed by atoms with Gasteiger partial charge in [0.05, 0.1) is 29.3 Å². The van der Waals surface area contributed by atoms with Gasteiger partial charge in [-0.25, -0.2) is 0 Å². The second-order valence-corrected chi connectivity index (χ2v) is 6.55. The first-order valence-electron chi connectivity index (χ1n) is 7.90. The first-order valence-corrected chi connectivity index (χ1v) is 8.66. The molecule has 5 nitrogen and oxygen atoms in total. The fourth-order valence-electron chi connectivity index (χ4n) is 2.56. The van der Waals surface area contributed by atoms with Crippen LogP contribution in [0.2, 0.25) is 10.0 Å². The number of nitrogens with zero attached hydrogens (tertiary/aromatic N) is 2. The molecule has 0 saturated carbocycles. The summed E-state index contributed by atoms with van der Waals surface area (Å²) in [5.74, 6) is 0.706. The Morgan fingerprint density at radius 1 is 1.15 bits per heavy atom. The third-order valence-electron chi connectivity index (χ3n) is 3.89. The van der Waals surface area contributed by atoms with E-state index in [1.807, 2.05) is 25.1 Å². The number of aromatic nitrogens is 2. The molecule has 0 bridgehead atoms. The van der Waals surface area contributed by atoms with Gasteiger partial charge >= 0.3 is 0 Å². The molecular weight excluding hydrogens is 373 g/mol. The summed E-state index contributed by atoms with van der Waals surface area (Å²) in [7, 11) is 1.53. The van der Waals surface area contributed by atoms with E-state index in [0.717, 1.165) is 11.3 Å². The van der Waals surface area contributed by atoms with Gasteiger partial charge in [0, 0.05) is 11.8 Å². The zero-order valence-electron chi connectivity index (χ0n) is 14.3. The van der Waals surface area contributed by atoms with Crippen LogP contribution in [0.25, 0.3) is 0 Å². The number of carbonyl (C=O) groups is 1. The van der Waals surface area contributed by atoms with Crippen LogP contribution in [0.15, 0.2) is 48.5 Å². The van der Waals surface area contributed by atoms with Gasteiger partial charge in [-0.3, -0.25) is 9.48 Å². The molecule has 0 unspecified atom stereocenters. The number of methoxy groups -OCH3 is 1. The van der Waals surface area contributed by atoms with Crippen molar-refractivity contribution in [3.05, 3.63) is 75.4 Å². The van der Waals surface area contributed by atoms with Crippen molar-refractivity contribution in [1.82, 2.24) is 9.78 Å². The van der Waals surface area contributed by atoms with Gasteiger partial charge in [0.25, 0.3) is 5.91 Å². The van der Waals surface area contributed by atoms with Gasteiger partial charge < -0.3 is 10.1 Å². The molecule has 0 aliphatic heterocycles. The Morgan fingerprint density at radius 2 is 1.92 bits per heavy atom. The van der Waals surface area contributed by atoms with E-state index >= 15 is 0 Å². The van der Waals surface area contributed by atoms with Crippen molar-refractivity contribution in [2.24, 2.45) is 0 Å². The zero-order valence-corrected chi connectivity index (χ0v) is 15.8. The molecule has 0 spiro atoms. The molecule has 134 valence electrons. The fraction of sp³-hybridized carbons (Fsp3) is 0.158. The number of rotatable bonds is 5. The summed E-state index contributed by atoms with van der Waals surface area (Å²) in [5.41, 5.74) is 2.33. The van der Waals surface area contributed by atoms with Gasteiger partial charge in [-0.05, 0) is 36.8 Å². The van der Waals surface area contributed by atoms with Crippen molar-refractivity contribution < 1.29 is 9.53 Å². The Kier molecular flexibility index (Phi) is 5.49. The molecule has 7 heteroatoms. The fourth-order valence-corrected chi connectivity index (χ4v) is 2.88. The lowest BCUT2D eigenvalue weighted by molar-refractivity contribution is 0.102. The normalized spacial score (nSPS) is 10.6. The summed E-state index contributed by atoms with van der Waals surface area (Å²) >= 11 is 12.0. The summed E-state index contributed by atoms with van der Waals surface area (Å²) in [6.45, 7) is 2.44. The number of hydrogen-bond donors (Lipinski definition) is 1. The average molecular weight is 390 g/mol. The zero-order chi connectivity index (χ0) is 18.7. The molecule has 1 aromatic heterocycles. The van der Waals surface area contributed by atoms with Gasteiger partial charge in [0.1, 0.15) is 5.75 Å². The third kappa shape index (κ3) is 4.00. The van der Waals surface area contributed by atoms with Crippen molar-refractivity contribution in [2.75, 3.05) is 12.4 Å². The van der Waals surface area contributed by atoms with Crippen molar-refractivity contribution in [1.29, 1.82) is 0 Å². The van der Waals surface area contributed by atoms with Crippen LogP contribution < -0.4 is 10.1 Å². The molecule has 0 saturated heterocycles. The van der Waals surface area contributed by atoms with Gasteiger partial charge in [-0.15, -0.1) is 0 Å². The number of aryl methyl sites for hydroxylation is 1. The van der Waals surface area contributed by atoms with Crippen LogP contribution in [0, 0.1) is 6.92 Å². The first kappa shape index (κ1) is 18.3. The van der Waals surface area contributed by atoms with Crippen molar-refractivity contribution in [3.8, 4) is 5.75 Å². The largest absolute Gasteiger partial charge is 0.496 e. The second kappa shape index (κ2) is 7.81. The lowest BCUT2D eigenvalue weighted by Gasteiger charge is -2.07. The summed E-state index contributed by atoms with van der Waals surface area (Å²) in [6, 6.07) is 14.3. The number of hydrogen-bond acceptors (Lipinski definition) is 3. The van der Waals surface area contributed by atoms with Gasteiger partial charge in [-0.2, -0.15) is 5.10 Å². The van der Waals surface area contributed by atoms with E-state index in [1.165, 1.54) is 7.11 Å². The van der Waals surface area contributed by atoms with E-state index in [4.69, 9.17) is 27.9 Å². The molecule has 0 aliphatic rings. The van der Waals surface area contributed by atoms with Crippen LogP contribution in [0.5, 0.6) is 5.75 Å². The van der Waals surface area contributed by atoms with Crippen molar-refractivity contribution >= 4 is 34.9 Å². The van der Waals surface area contributed by atoms with E-state index in [1.54, 1.807) is 35.0 Å². The molecule has 26 heavy (non-hydrogen) atoms. The van der Waals surface area contributed by atoms with E-state index in [0.29, 0.717) is 33.7 Å². The molecule has 0 radical (unpaired) electrons. The highest BCUT2D eigenvalue weighted by molar-refractivity contribution is 6.42. The Hall–Kier alpha value is -2.50. The number of para-hydroxylation sites is 1. The predicted octanol–water partition coefficient (Wildman–Crippen LogP) is 4.81. The van der Waals surface area contributed by atoms with E-state index < -0.39 is 0 Å². The maximum atomic E-state index is 12.5. The highest BCUT2D eigenvalue weighted by Crippen LogP contribution is 2.24. The van der Waals surface area contributed by atoms with Crippen LogP contribution in [0.3, 0.4) is 0 Å². The Balaban J connectivity index is 1.77. The number of carbonyl (C=O) groups excluding carboxylic acids is 1. The number of amides is 1. The molecule has 3 aromatic rings. The van der Waals surface area contributed by atoms with E-state index in [9.17, 15) is 4.79 Å². The Bertz CT molecular complexity index is 954. The monoisotopic (exact) mass is 389 g/mol. The summed E-state index contributed by atoms with van der Waals surface area (Å²) in [5, 5.41) is 8.26. The molecule has 3 rings (SSSR count). The van der Waals surface area contributed by atoms with E-state index in [-0.39, 0.29) is 5.91 Å². The molecule has 1 N–H and O–H groups in total. The predicted molar refractivity (Wildman–Crippen MR) is 103 cm³/mol. The molecule has 1 amide bonds. The van der Waals surface area contributed by atoms with Gasteiger partial charge in [0.15, 0.2) is 5.82 Å². The molecule has 0 atom stereocenters. The SMILES string of the molecule is COc1ccccc1C(=O)Nc1cc(C)n(Cc2ccc(Cl)c(Cl)c2)n1. The Morgan fingerprint density at radius 3 is 2.65 bits per heavy atom. The average Bonchev–Trinajstić information content (AvgIpc) is 2.97. The number of ether oxygens (including phenoxy) is 1. The van der Waals surface area contributed by atoms with Crippen molar-refractivity contribution in [2.45, 2.75) is 13.5 Å². The molecule has 0 aliphatic carbocycles. The number of anilines is 1. The molecule has 1 heterocycles. The highest BCUT2D eigenvalue weighted by atomic mass is 35.5. The second-order valence-electron chi connectivity index (χ2n) is 5.73. The first-order chi connectivity index (χ1) is 12.5. The van der Waals surface area contributed by atoms with Gasteiger partial charge in [-0.1, -0.05) is 41.4 Å². The van der Waals surface area contributed by atoms with Crippen LogP contribution in [-0.4, -0.2) is 22.8 Å². The maximum Gasteiger partial charge on any atom is 0.260 e. The number of benzene rings is 2. The highest BCUT2D eigenvalue weighted by Gasteiger charge is 2.14. The third-order valence-corrected chi connectivity index (χ3v) is 4.63.